The van der Waals surface area contributed by atoms with Crippen LogP contribution in [0.2, 0.25) is 0 Å². The van der Waals surface area contributed by atoms with Gasteiger partial charge in [0.2, 0.25) is 0 Å². The molecule has 0 aromatic carbocycles. The van der Waals surface area contributed by atoms with Crippen molar-refractivity contribution >= 4 is 17.9 Å². The Morgan fingerprint density at radius 2 is 1.57 bits per heavy atom. The van der Waals surface area contributed by atoms with Crippen LogP contribution in [0.1, 0.15) is 71.1 Å². The fourth-order valence-corrected chi connectivity index (χ4v) is 1.86. The number of carbonyl (C=O) groups is 3. The van der Waals surface area contributed by atoms with Crippen LogP contribution in [0, 0.1) is 0 Å². The van der Waals surface area contributed by atoms with E-state index in [2.05, 4.69) is 11.7 Å². The summed E-state index contributed by atoms with van der Waals surface area (Å²) in [4.78, 5) is 33.2. The first-order valence-corrected chi connectivity index (χ1v) is 7.69. The van der Waals surface area contributed by atoms with Crippen LogP contribution < -0.4 is 5.73 Å². The van der Waals surface area contributed by atoms with Crippen LogP contribution >= 0.6 is 0 Å². The Hall–Kier alpha value is -1.43. The molecule has 6 heteroatoms. The van der Waals surface area contributed by atoms with Gasteiger partial charge in [-0.15, -0.1) is 0 Å². The van der Waals surface area contributed by atoms with Crippen LogP contribution in [-0.4, -0.2) is 29.1 Å². The lowest BCUT2D eigenvalue weighted by Crippen LogP contribution is -2.34. The fraction of sp³-hybridized carbons (Fsp3) is 0.800. The van der Waals surface area contributed by atoms with Crippen LogP contribution in [0.25, 0.3) is 0 Å². The topological polar surface area (TPSA) is 107 Å². The lowest BCUT2D eigenvalue weighted by atomic mass is 10.1. The number of carboxylic acids is 1. The highest BCUT2D eigenvalue weighted by atomic mass is 16.6. The molecule has 1 atom stereocenters. The first kappa shape index (κ1) is 19.6. The van der Waals surface area contributed by atoms with Crippen molar-refractivity contribution in [1.29, 1.82) is 0 Å². The number of rotatable bonds is 12. The summed E-state index contributed by atoms with van der Waals surface area (Å²) in [5.41, 5.74) is 5.45. The smallest absolute Gasteiger partial charge is 0.330 e. The average Bonchev–Trinajstić information content (AvgIpc) is 2.43. The monoisotopic (exact) mass is 301 g/mol. The minimum atomic E-state index is -1.06. The predicted molar refractivity (Wildman–Crippen MR) is 78.6 cm³/mol. The molecule has 0 saturated heterocycles. The van der Waals surface area contributed by atoms with Gasteiger partial charge in [0.1, 0.15) is 6.04 Å². The van der Waals surface area contributed by atoms with E-state index in [1.807, 2.05) is 0 Å². The summed E-state index contributed by atoms with van der Waals surface area (Å²) >= 11 is 0. The van der Waals surface area contributed by atoms with Crippen LogP contribution in [-0.2, 0) is 19.1 Å². The molecule has 3 N–H and O–H groups in total. The van der Waals surface area contributed by atoms with Gasteiger partial charge in [-0.1, -0.05) is 45.4 Å². The molecule has 0 fully saturated rings. The van der Waals surface area contributed by atoms with Crippen molar-refractivity contribution in [1.82, 2.24) is 0 Å². The molecule has 0 aromatic rings. The van der Waals surface area contributed by atoms with E-state index in [0.29, 0.717) is 6.42 Å². The minimum absolute atomic E-state index is 0.0289. The quantitative estimate of drug-likeness (QED) is 0.325. The summed E-state index contributed by atoms with van der Waals surface area (Å²) in [5.74, 6) is -2.46. The van der Waals surface area contributed by atoms with E-state index in [0.717, 1.165) is 12.8 Å². The number of nitrogens with two attached hydrogens (primary N) is 1. The van der Waals surface area contributed by atoms with Gasteiger partial charge in [0, 0.05) is 12.8 Å². The Morgan fingerprint density at radius 3 is 2.14 bits per heavy atom. The molecular weight excluding hydrogens is 274 g/mol. The number of aliphatic carboxylic acids is 1. The third-order valence-electron chi connectivity index (χ3n) is 3.17. The second-order valence-electron chi connectivity index (χ2n) is 5.20. The first-order valence-electron chi connectivity index (χ1n) is 7.69. The van der Waals surface area contributed by atoms with E-state index in [9.17, 15) is 14.4 Å². The van der Waals surface area contributed by atoms with Crippen molar-refractivity contribution < 1.29 is 24.2 Å². The molecule has 0 aliphatic rings. The fourth-order valence-electron chi connectivity index (χ4n) is 1.86. The third kappa shape index (κ3) is 12.1. The molecule has 6 nitrogen and oxygen atoms in total. The largest absolute Gasteiger partial charge is 0.481 e. The minimum Gasteiger partial charge on any atom is -0.481 e. The van der Waals surface area contributed by atoms with Crippen LogP contribution in [0.15, 0.2) is 0 Å². The Bertz CT molecular complexity index is 330. The Balaban J connectivity index is 3.64. The summed E-state index contributed by atoms with van der Waals surface area (Å²) in [6.07, 6.45) is 7.51. The highest BCUT2D eigenvalue weighted by Gasteiger charge is 2.19. The summed E-state index contributed by atoms with van der Waals surface area (Å²) in [6.45, 7) is 2.16. The molecule has 0 unspecified atom stereocenters. The van der Waals surface area contributed by atoms with Gasteiger partial charge >= 0.3 is 17.9 Å². The van der Waals surface area contributed by atoms with Gasteiger partial charge in [-0.2, -0.15) is 0 Å². The van der Waals surface area contributed by atoms with Gasteiger partial charge in [0.25, 0.3) is 0 Å². The number of esters is 2. The van der Waals surface area contributed by atoms with Gasteiger partial charge in [-0.05, 0) is 12.8 Å². The Labute approximate surface area is 126 Å². The molecule has 0 radical (unpaired) electrons. The molecule has 0 aromatic heterocycles. The van der Waals surface area contributed by atoms with Gasteiger partial charge in [-0.3, -0.25) is 9.59 Å². The molecule has 21 heavy (non-hydrogen) atoms. The van der Waals surface area contributed by atoms with E-state index < -0.39 is 23.9 Å². The predicted octanol–water partition coefficient (Wildman–Crippen LogP) is 2.39. The molecule has 122 valence electrons. The van der Waals surface area contributed by atoms with Gasteiger partial charge in [0.15, 0.2) is 0 Å². The van der Waals surface area contributed by atoms with Crippen molar-refractivity contribution in [3.63, 3.8) is 0 Å². The molecule has 0 saturated carbocycles. The summed E-state index contributed by atoms with van der Waals surface area (Å²) in [6, 6.07) is -1.06. The summed E-state index contributed by atoms with van der Waals surface area (Å²) in [7, 11) is 0. The standard InChI is InChI=1S/C15H27NO5/c1-2-3-4-5-6-7-8-9-14(19)21-15(20)12(16)10-11-13(17)18/h12H,2-11,16H2,1H3,(H,17,18)/t12-/m0/s1. The maximum absolute atomic E-state index is 11.4. The zero-order valence-corrected chi connectivity index (χ0v) is 12.8. The molecule has 0 amide bonds. The second kappa shape index (κ2) is 12.3. The Kier molecular flexibility index (Phi) is 11.5. The van der Waals surface area contributed by atoms with Crippen molar-refractivity contribution in [3.05, 3.63) is 0 Å². The van der Waals surface area contributed by atoms with Crippen molar-refractivity contribution in [2.45, 2.75) is 77.2 Å². The van der Waals surface area contributed by atoms with E-state index in [1.54, 1.807) is 0 Å². The first-order chi connectivity index (χ1) is 9.97. The van der Waals surface area contributed by atoms with Crippen molar-refractivity contribution in [3.8, 4) is 0 Å². The molecule has 0 bridgehead atoms. The second-order valence-corrected chi connectivity index (χ2v) is 5.20. The highest BCUT2D eigenvalue weighted by Crippen LogP contribution is 2.09. The lowest BCUT2D eigenvalue weighted by molar-refractivity contribution is -0.160. The Morgan fingerprint density at radius 1 is 1.00 bits per heavy atom. The van der Waals surface area contributed by atoms with Crippen LogP contribution in [0.3, 0.4) is 0 Å². The number of unbranched alkanes of at least 4 members (excludes halogenated alkanes) is 6. The zero-order valence-electron chi connectivity index (χ0n) is 12.8. The number of hydrogen-bond acceptors (Lipinski definition) is 5. The summed E-state index contributed by atoms with van der Waals surface area (Å²) in [5, 5.41) is 8.47. The van der Waals surface area contributed by atoms with Crippen molar-refractivity contribution in [2.75, 3.05) is 0 Å². The van der Waals surface area contributed by atoms with E-state index in [4.69, 9.17) is 10.8 Å². The normalized spacial score (nSPS) is 11.9. The van der Waals surface area contributed by atoms with Gasteiger partial charge < -0.3 is 15.6 Å². The molecule has 0 aliphatic heterocycles. The zero-order chi connectivity index (χ0) is 16.1. The lowest BCUT2D eigenvalue weighted by Gasteiger charge is -2.09. The molecular formula is C15H27NO5. The molecule has 0 rings (SSSR count). The number of carbonyl (C=O) groups excluding carboxylic acids is 2. The average molecular weight is 301 g/mol. The maximum Gasteiger partial charge on any atom is 0.330 e. The van der Waals surface area contributed by atoms with E-state index >= 15 is 0 Å². The molecule has 0 spiro atoms. The van der Waals surface area contributed by atoms with Gasteiger partial charge in [-0.25, -0.2) is 4.79 Å². The number of carboxylic acid groups (broad SMARTS) is 1. The van der Waals surface area contributed by atoms with E-state index in [-0.39, 0.29) is 19.3 Å². The SMILES string of the molecule is CCCCCCCCCC(=O)OC(=O)[C@@H](N)CCC(=O)O. The highest BCUT2D eigenvalue weighted by molar-refractivity contribution is 5.88. The van der Waals surface area contributed by atoms with E-state index in [1.165, 1.54) is 25.7 Å². The third-order valence-corrected chi connectivity index (χ3v) is 3.17. The van der Waals surface area contributed by atoms with Crippen molar-refractivity contribution in [2.24, 2.45) is 5.73 Å². The molecule has 0 heterocycles. The number of hydrogen-bond donors (Lipinski definition) is 2. The molecule has 0 aliphatic carbocycles. The van der Waals surface area contributed by atoms with Gasteiger partial charge in [0.05, 0.1) is 0 Å². The maximum atomic E-state index is 11.4. The summed E-state index contributed by atoms with van der Waals surface area (Å²) < 4.78 is 4.59. The van der Waals surface area contributed by atoms with Crippen LogP contribution in [0.5, 0.6) is 0 Å². The van der Waals surface area contributed by atoms with Crippen LogP contribution in [0.4, 0.5) is 0 Å². The number of ether oxygens (including phenoxy) is 1.